The Morgan fingerprint density at radius 3 is 2.65 bits per heavy atom. The number of carbonyl (C=O) groups is 1. The van der Waals surface area contributed by atoms with Crippen molar-refractivity contribution >= 4 is 5.91 Å². The van der Waals surface area contributed by atoms with E-state index in [1.165, 1.54) is 12.1 Å². The Morgan fingerprint density at radius 1 is 1.25 bits per heavy atom. The summed E-state index contributed by atoms with van der Waals surface area (Å²) in [6.45, 7) is 4.05. The molecule has 0 heterocycles. The summed E-state index contributed by atoms with van der Waals surface area (Å²) in [5.41, 5.74) is 7.78. The zero-order chi connectivity index (χ0) is 14.7. The molecule has 0 radical (unpaired) electrons. The van der Waals surface area contributed by atoms with Crippen molar-refractivity contribution in [1.29, 1.82) is 0 Å². The molecule has 4 heteroatoms. The quantitative estimate of drug-likeness (QED) is 0.930. The van der Waals surface area contributed by atoms with Gasteiger partial charge >= 0.3 is 0 Å². The summed E-state index contributed by atoms with van der Waals surface area (Å²) in [4.78, 5) is 11.0. The number of benzene rings is 2. The maximum absolute atomic E-state index is 13.8. The zero-order valence-electron chi connectivity index (χ0n) is 11.4. The number of halogens is 1. The zero-order valence-corrected chi connectivity index (χ0v) is 11.4. The van der Waals surface area contributed by atoms with Gasteiger partial charge in [0.05, 0.1) is 0 Å². The first kappa shape index (κ1) is 14.1. The number of carbonyl (C=O) groups excluding carboxylic acids is 1. The Balaban J connectivity index is 2.15. The number of nitrogens with two attached hydrogens (primary N) is 1. The Bertz CT molecular complexity index is 653. The first-order valence-electron chi connectivity index (χ1n) is 6.26. The standard InChI is InChI=1S/C16H16FNO2/c1-10-4-3-5-15(11(10)2)20-9-13-7-6-12(16(18)19)8-14(13)17/h3-8H,9H2,1-2H3,(H2,18,19). The van der Waals surface area contributed by atoms with E-state index in [-0.39, 0.29) is 12.2 Å². The van der Waals surface area contributed by atoms with Gasteiger partial charge in [0.2, 0.25) is 5.91 Å². The highest BCUT2D eigenvalue weighted by molar-refractivity contribution is 5.92. The van der Waals surface area contributed by atoms with Crippen molar-refractivity contribution in [2.75, 3.05) is 0 Å². The molecule has 0 fully saturated rings. The van der Waals surface area contributed by atoms with Crippen LogP contribution in [0, 0.1) is 19.7 Å². The lowest BCUT2D eigenvalue weighted by molar-refractivity contribution is 0.0999. The predicted octanol–water partition coefficient (Wildman–Crippen LogP) is 3.12. The van der Waals surface area contributed by atoms with Crippen LogP contribution >= 0.6 is 0 Å². The van der Waals surface area contributed by atoms with Crippen LogP contribution in [-0.4, -0.2) is 5.91 Å². The largest absolute Gasteiger partial charge is 0.489 e. The summed E-state index contributed by atoms with van der Waals surface area (Å²) in [7, 11) is 0. The van der Waals surface area contributed by atoms with E-state index < -0.39 is 11.7 Å². The van der Waals surface area contributed by atoms with E-state index in [9.17, 15) is 9.18 Å². The molecule has 2 rings (SSSR count). The molecule has 104 valence electrons. The highest BCUT2D eigenvalue weighted by Gasteiger charge is 2.08. The number of hydrogen-bond donors (Lipinski definition) is 1. The van der Waals surface area contributed by atoms with Crippen LogP contribution in [-0.2, 0) is 6.61 Å². The first-order valence-corrected chi connectivity index (χ1v) is 6.26. The van der Waals surface area contributed by atoms with E-state index in [0.29, 0.717) is 5.56 Å². The van der Waals surface area contributed by atoms with Gasteiger partial charge in [-0.3, -0.25) is 4.79 Å². The summed E-state index contributed by atoms with van der Waals surface area (Å²) in [6.07, 6.45) is 0. The predicted molar refractivity (Wildman–Crippen MR) is 75.2 cm³/mol. The molecular weight excluding hydrogens is 257 g/mol. The van der Waals surface area contributed by atoms with Crippen molar-refractivity contribution in [2.45, 2.75) is 20.5 Å². The van der Waals surface area contributed by atoms with Crippen LogP contribution in [0.4, 0.5) is 4.39 Å². The van der Waals surface area contributed by atoms with Gasteiger partial charge in [-0.15, -0.1) is 0 Å². The molecule has 2 N–H and O–H groups in total. The molecule has 0 aliphatic carbocycles. The van der Waals surface area contributed by atoms with Crippen molar-refractivity contribution in [2.24, 2.45) is 5.73 Å². The molecular formula is C16H16FNO2. The fourth-order valence-electron chi connectivity index (χ4n) is 1.85. The average Bonchev–Trinajstić information content (AvgIpc) is 2.41. The van der Waals surface area contributed by atoms with Crippen LogP contribution in [0.25, 0.3) is 0 Å². The van der Waals surface area contributed by atoms with Gasteiger partial charge in [-0.05, 0) is 43.2 Å². The van der Waals surface area contributed by atoms with Crippen LogP contribution in [0.1, 0.15) is 27.0 Å². The molecule has 0 aliphatic rings. The molecule has 2 aromatic rings. The average molecular weight is 273 g/mol. The van der Waals surface area contributed by atoms with Gasteiger partial charge in [-0.25, -0.2) is 4.39 Å². The van der Waals surface area contributed by atoms with E-state index in [4.69, 9.17) is 10.5 Å². The van der Waals surface area contributed by atoms with E-state index in [1.54, 1.807) is 0 Å². The second kappa shape index (κ2) is 5.74. The fraction of sp³-hybridized carbons (Fsp3) is 0.188. The Morgan fingerprint density at radius 2 is 2.00 bits per heavy atom. The van der Waals surface area contributed by atoms with Crippen LogP contribution < -0.4 is 10.5 Å². The minimum absolute atomic E-state index is 0.106. The molecule has 2 aromatic carbocycles. The number of aryl methyl sites for hydroxylation is 1. The normalized spacial score (nSPS) is 10.3. The van der Waals surface area contributed by atoms with Crippen LogP contribution in [0.5, 0.6) is 5.75 Å². The van der Waals surface area contributed by atoms with Gasteiger partial charge in [0.25, 0.3) is 0 Å². The Labute approximate surface area is 117 Å². The molecule has 1 amide bonds. The SMILES string of the molecule is Cc1cccc(OCc2ccc(C(N)=O)cc2F)c1C. The minimum Gasteiger partial charge on any atom is -0.489 e. The summed E-state index contributed by atoms with van der Waals surface area (Å²) >= 11 is 0. The van der Waals surface area contributed by atoms with E-state index in [0.717, 1.165) is 22.9 Å². The van der Waals surface area contributed by atoms with Gasteiger partial charge in [0.1, 0.15) is 18.2 Å². The maximum atomic E-state index is 13.8. The van der Waals surface area contributed by atoms with Crippen molar-refractivity contribution in [3.63, 3.8) is 0 Å². The smallest absolute Gasteiger partial charge is 0.248 e. The van der Waals surface area contributed by atoms with Gasteiger partial charge in [0.15, 0.2) is 0 Å². The monoisotopic (exact) mass is 273 g/mol. The lowest BCUT2D eigenvalue weighted by Crippen LogP contribution is -2.12. The third-order valence-electron chi connectivity index (χ3n) is 3.28. The summed E-state index contributed by atoms with van der Waals surface area (Å²) in [5, 5.41) is 0. The van der Waals surface area contributed by atoms with E-state index in [1.807, 2.05) is 32.0 Å². The third kappa shape index (κ3) is 2.96. The lowest BCUT2D eigenvalue weighted by Gasteiger charge is -2.11. The summed E-state index contributed by atoms with van der Waals surface area (Å²) < 4.78 is 19.4. The van der Waals surface area contributed by atoms with Crippen molar-refractivity contribution in [3.8, 4) is 5.75 Å². The van der Waals surface area contributed by atoms with Crippen molar-refractivity contribution in [1.82, 2.24) is 0 Å². The second-order valence-electron chi connectivity index (χ2n) is 4.66. The molecule has 0 saturated heterocycles. The highest BCUT2D eigenvalue weighted by Crippen LogP contribution is 2.22. The highest BCUT2D eigenvalue weighted by atomic mass is 19.1. The molecule has 0 spiro atoms. The van der Waals surface area contributed by atoms with Gasteiger partial charge in [-0.2, -0.15) is 0 Å². The van der Waals surface area contributed by atoms with Gasteiger partial charge in [-0.1, -0.05) is 18.2 Å². The van der Waals surface area contributed by atoms with Crippen molar-refractivity contribution < 1.29 is 13.9 Å². The Kier molecular flexibility index (Phi) is 4.03. The summed E-state index contributed by atoms with van der Waals surface area (Å²) in [5.74, 6) is -0.416. The van der Waals surface area contributed by atoms with Crippen molar-refractivity contribution in [3.05, 3.63) is 64.5 Å². The van der Waals surface area contributed by atoms with E-state index >= 15 is 0 Å². The molecule has 0 atom stereocenters. The second-order valence-corrected chi connectivity index (χ2v) is 4.66. The first-order chi connectivity index (χ1) is 9.49. The van der Waals surface area contributed by atoms with Crippen LogP contribution in [0.15, 0.2) is 36.4 Å². The maximum Gasteiger partial charge on any atom is 0.248 e. The lowest BCUT2D eigenvalue weighted by atomic mass is 10.1. The fourth-order valence-corrected chi connectivity index (χ4v) is 1.85. The van der Waals surface area contributed by atoms with Crippen LogP contribution in [0.2, 0.25) is 0 Å². The number of primary amides is 1. The van der Waals surface area contributed by atoms with E-state index in [2.05, 4.69) is 0 Å². The molecule has 0 aliphatic heterocycles. The molecule has 0 bridgehead atoms. The number of hydrogen-bond acceptors (Lipinski definition) is 2. The molecule has 0 aromatic heterocycles. The molecule has 3 nitrogen and oxygen atoms in total. The summed E-state index contributed by atoms with van der Waals surface area (Å²) in [6, 6.07) is 9.87. The number of amides is 1. The Hall–Kier alpha value is -2.36. The third-order valence-corrected chi connectivity index (χ3v) is 3.28. The molecule has 0 saturated carbocycles. The van der Waals surface area contributed by atoms with Crippen LogP contribution in [0.3, 0.4) is 0 Å². The minimum atomic E-state index is -0.647. The number of ether oxygens (including phenoxy) is 1. The van der Waals surface area contributed by atoms with Gasteiger partial charge in [0, 0.05) is 11.1 Å². The molecule has 20 heavy (non-hydrogen) atoms. The topological polar surface area (TPSA) is 52.3 Å². The van der Waals surface area contributed by atoms with Gasteiger partial charge < -0.3 is 10.5 Å². The number of rotatable bonds is 4. The molecule has 0 unspecified atom stereocenters.